The van der Waals surface area contributed by atoms with E-state index in [1.165, 1.54) is 0 Å². The number of rotatable bonds is 2. The lowest BCUT2D eigenvalue weighted by atomic mass is 9.96. The van der Waals surface area contributed by atoms with E-state index >= 15 is 0 Å². The van der Waals surface area contributed by atoms with E-state index in [2.05, 4.69) is 30.8 Å². The monoisotopic (exact) mass is 336 g/mol. The highest BCUT2D eigenvalue weighted by atomic mass is 35.5. The summed E-state index contributed by atoms with van der Waals surface area (Å²) in [5, 5.41) is 13.1. The third kappa shape index (κ3) is 3.68. The minimum absolute atomic E-state index is 0. The van der Waals surface area contributed by atoms with Crippen LogP contribution in [0.1, 0.15) is 48.3 Å². The van der Waals surface area contributed by atoms with Crippen molar-refractivity contribution in [3.63, 3.8) is 0 Å². The average Bonchev–Trinajstić information content (AvgIpc) is 2.91. The molecule has 0 saturated carbocycles. The van der Waals surface area contributed by atoms with Gasteiger partial charge in [0.2, 0.25) is 0 Å². The standard InChI is InChI=1S/C15H20N6O.ClH/c1-15(2,3)14-17-6-9(7-18-14)19-13(22)12-10-8-16-5-4-11(10)20-21-12;/h6-7,16H,4-5,8H2,1-3H3,(H,19,22)(H,20,21);1H. The normalized spacial score (nSPS) is 13.9. The van der Waals surface area contributed by atoms with Gasteiger partial charge in [0.1, 0.15) is 5.82 Å². The molecule has 0 bridgehead atoms. The van der Waals surface area contributed by atoms with Gasteiger partial charge < -0.3 is 10.6 Å². The van der Waals surface area contributed by atoms with Crippen molar-refractivity contribution in [1.29, 1.82) is 0 Å². The Labute approximate surface area is 141 Å². The molecule has 8 heteroatoms. The molecule has 3 heterocycles. The van der Waals surface area contributed by atoms with Crippen molar-refractivity contribution in [1.82, 2.24) is 25.5 Å². The fraction of sp³-hybridized carbons (Fsp3) is 0.467. The van der Waals surface area contributed by atoms with Crippen LogP contribution < -0.4 is 10.6 Å². The molecule has 0 spiro atoms. The second kappa shape index (κ2) is 6.64. The summed E-state index contributed by atoms with van der Waals surface area (Å²) < 4.78 is 0. The van der Waals surface area contributed by atoms with Gasteiger partial charge in [0.05, 0.1) is 18.1 Å². The number of carbonyl (C=O) groups excluding carboxylic acids is 1. The van der Waals surface area contributed by atoms with Crippen molar-refractivity contribution in [2.75, 3.05) is 11.9 Å². The topological polar surface area (TPSA) is 95.6 Å². The molecule has 7 nitrogen and oxygen atoms in total. The van der Waals surface area contributed by atoms with Gasteiger partial charge in [0.25, 0.3) is 5.91 Å². The Hall–Kier alpha value is -1.99. The van der Waals surface area contributed by atoms with Gasteiger partial charge in [0, 0.05) is 36.2 Å². The zero-order valence-electron chi connectivity index (χ0n) is 13.4. The maximum Gasteiger partial charge on any atom is 0.276 e. The summed E-state index contributed by atoms with van der Waals surface area (Å²) in [6.45, 7) is 7.70. The van der Waals surface area contributed by atoms with Gasteiger partial charge in [-0.15, -0.1) is 12.4 Å². The Kier molecular flexibility index (Phi) is 5.01. The summed E-state index contributed by atoms with van der Waals surface area (Å²) in [4.78, 5) is 21.0. The van der Waals surface area contributed by atoms with Crippen LogP contribution in [0, 0.1) is 0 Å². The fourth-order valence-corrected chi connectivity index (χ4v) is 2.38. The number of hydrogen-bond acceptors (Lipinski definition) is 5. The van der Waals surface area contributed by atoms with E-state index in [4.69, 9.17) is 0 Å². The van der Waals surface area contributed by atoms with Crippen LogP contribution in [0.25, 0.3) is 0 Å². The molecular formula is C15H21ClN6O. The summed E-state index contributed by atoms with van der Waals surface area (Å²) in [5.74, 6) is 0.500. The molecule has 0 atom stereocenters. The highest BCUT2D eigenvalue weighted by Crippen LogP contribution is 2.19. The quantitative estimate of drug-likeness (QED) is 0.777. The van der Waals surface area contributed by atoms with Gasteiger partial charge in [-0.2, -0.15) is 5.10 Å². The second-order valence-corrected chi connectivity index (χ2v) is 6.46. The predicted molar refractivity (Wildman–Crippen MR) is 89.9 cm³/mol. The number of amides is 1. The average molecular weight is 337 g/mol. The summed E-state index contributed by atoms with van der Waals surface area (Å²) in [5.41, 5.74) is 2.86. The Bertz CT molecular complexity index is 689. The number of carbonyl (C=O) groups is 1. The smallest absolute Gasteiger partial charge is 0.276 e. The van der Waals surface area contributed by atoms with Gasteiger partial charge in [-0.05, 0) is 0 Å². The van der Waals surface area contributed by atoms with Gasteiger partial charge >= 0.3 is 0 Å². The molecule has 0 aliphatic carbocycles. The maximum absolute atomic E-state index is 12.4. The summed E-state index contributed by atoms with van der Waals surface area (Å²) in [6.07, 6.45) is 4.12. The third-order valence-corrected chi connectivity index (χ3v) is 3.60. The SMILES string of the molecule is CC(C)(C)c1ncc(NC(=O)c2n[nH]c3c2CNCC3)cn1.Cl. The Morgan fingerprint density at radius 1 is 1.26 bits per heavy atom. The van der Waals surface area contributed by atoms with Crippen LogP contribution in [0.5, 0.6) is 0 Å². The number of nitrogens with one attached hydrogen (secondary N) is 3. The first-order valence-electron chi connectivity index (χ1n) is 7.36. The molecule has 1 aliphatic rings. The number of H-pyrrole nitrogens is 1. The molecule has 1 amide bonds. The summed E-state index contributed by atoms with van der Waals surface area (Å²) in [6, 6.07) is 0. The minimum Gasteiger partial charge on any atom is -0.318 e. The van der Waals surface area contributed by atoms with Crippen LogP contribution in [-0.4, -0.2) is 32.6 Å². The Morgan fingerprint density at radius 3 is 2.61 bits per heavy atom. The van der Waals surface area contributed by atoms with Crippen molar-refractivity contribution in [3.05, 3.63) is 35.2 Å². The van der Waals surface area contributed by atoms with Crippen molar-refractivity contribution in [2.24, 2.45) is 0 Å². The van der Waals surface area contributed by atoms with Crippen molar-refractivity contribution in [2.45, 2.75) is 39.2 Å². The van der Waals surface area contributed by atoms with Gasteiger partial charge in [-0.3, -0.25) is 9.89 Å². The molecule has 1 aliphatic heterocycles. The molecule has 0 fully saturated rings. The van der Waals surface area contributed by atoms with Crippen molar-refractivity contribution in [3.8, 4) is 0 Å². The molecule has 0 aromatic carbocycles. The van der Waals surface area contributed by atoms with E-state index in [-0.39, 0.29) is 23.7 Å². The molecule has 2 aromatic rings. The lowest BCUT2D eigenvalue weighted by Crippen LogP contribution is -2.25. The molecule has 0 radical (unpaired) electrons. The molecule has 0 saturated heterocycles. The Morgan fingerprint density at radius 2 is 1.96 bits per heavy atom. The number of nitrogens with zero attached hydrogens (tertiary/aromatic N) is 3. The number of aromatic nitrogens is 4. The fourth-order valence-electron chi connectivity index (χ4n) is 2.38. The molecule has 3 rings (SSSR count). The first kappa shape index (κ1) is 17.4. The molecular weight excluding hydrogens is 316 g/mol. The van der Waals surface area contributed by atoms with Gasteiger partial charge in [0.15, 0.2) is 5.69 Å². The Balaban J connectivity index is 0.00000192. The molecule has 124 valence electrons. The second-order valence-electron chi connectivity index (χ2n) is 6.46. The molecule has 23 heavy (non-hydrogen) atoms. The van der Waals surface area contributed by atoms with E-state index in [1.54, 1.807) is 12.4 Å². The van der Waals surface area contributed by atoms with Crippen LogP contribution in [0.2, 0.25) is 0 Å². The van der Waals surface area contributed by atoms with Gasteiger partial charge in [-0.1, -0.05) is 20.8 Å². The van der Waals surface area contributed by atoms with Crippen molar-refractivity contribution < 1.29 is 4.79 Å². The number of fused-ring (bicyclic) bond motifs is 1. The zero-order chi connectivity index (χ0) is 15.7. The number of hydrogen-bond donors (Lipinski definition) is 3. The van der Waals surface area contributed by atoms with E-state index < -0.39 is 0 Å². The zero-order valence-corrected chi connectivity index (χ0v) is 14.3. The largest absolute Gasteiger partial charge is 0.318 e. The van der Waals surface area contributed by atoms with E-state index in [1.807, 2.05) is 20.8 Å². The molecule has 0 unspecified atom stereocenters. The van der Waals surface area contributed by atoms with Crippen LogP contribution in [0.4, 0.5) is 5.69 Å². The highest BCUT2D eigenvalue weighted by molar-refractivity contribution is 6.03. The number of halogens is 1. The lowest BCUT2D eigenvalue weighted by Gasteiger charge is -2.16. The number of aromatic amines is 1. The van der Waals surface area contributed by atoms with Gasteiger partial charge in [-0.25, -0.2) is 9.97 Å². The minimum atomic E-state index is -0.242. The van der Waals surface area contributed by atoms with Crippen LogP contribution in [-0.2, 0) is 18.4 Å². The molecule has 3 N–H and O–H groups in total. The first-order chi connectivity index (χ1) is 10.4. The first-order valence-corrected chi connectivity index (χ1v) is 7.36. The lowest BCUT2D eigenvalue weighted by molar-refractivity contribution is 0.102. The molecule has 2 aromatic heterocycles. The van der Waals surface area contributed by atoms with Crippen LogP contribution >= 0.6 is 12.4 Å². The van der Waals surface area contributed by atoms with Crippen molar-refractivity contribution >= 4 is 24.0 Å². The third-order valence-electron chi connectivity index (χ3n) is 3.60. The van der Waals surface area contributed by atoms with Crippen LogP contribution in [0.3, 0.4) is 0 Å². The number of anilines is 1. The maximum atomic E-state index is 12.4. The van der Waals surface area contributed by atoms with E-state index in [0.717, 1.165) is 30.0 Å². The van der Waals surface area contributed by atoms with E-state index in [0.29, 0.717) is 17.9 Å². The summed E-state index contributed by atoms with van der Waals surface area (Å²) in [7, 11) is 0. The summed E-state index contributed by atoms with van der Waals surface area (Å²) >= 11 is 0. The van der Waals surface area contributed by atoms with Crippen LogP contribution in [0.15, 0.2) is 12.4 Å². The van der Waals surface area contributed by atoms with E-state index in [9.17, 15) is 4.79 Å². The highest BCUT2D eigenvalue weighted by Gasteiger charge is 2.22. The predicted octanol–water partition coefficient (Wildman–Crippen LogP) is 1.82.